The quantitative estimate of drug-likeness (QED) is 0.612. The zero-order valence-corrected chi connectivity index (χ0v) is 12.0. The summed E-state index contributed by atoms with van der Waals surface area (Å²) in [5, 5.41) is 6.77. The van der Waals surface area contributed by atoms with Gasteiger partial charge in [0.05, 0.1) is 6.10 Å². The number of nitrogens with one attached hydrogen (secondary N) is 2. The molecule has 2 N–H and O–H groups in total. The molecule has 0 aliphatic carbocycles. The zero-order valence-electron chi connectivity index (χ0n) is 11.2. The van der Waals surface area contributed by atoms with E-state index in [4.69, 9.17) is 17.0 Å². The van der Waals surface area contributed by atoms with Crippen molar-refractivity contribution in [2.24, 2.45) is 0 Å². The largest absolute Gasteiger partial charge is 0.379 e. The Balaban J connectivity index is 2.18. The Bertz CT molecular complexity index is 382. The van der Waals surface area contributed by atoms with E-state index in [1.165, 1.54) is 0 Å². The Labute approximate surface area is 114 Å². The lowest BCUT2D eigenvalue weighted by atomic mass is 10.4. The number of pyridine rings is 1. The van der Waals surface area contributed by atoms with Crippen molar-refractivity contribution in [2.45, 2.75) is 33.3 Å². The fourth-order valence-corrected chi connectivity index (χ4v) is 1.57. The normalized spacial score (nSPS) is 10.4. The highest BCUT2D eigenvalue weighted by molar-refractivity contribution is 7.80. The number of hydrogen-bond donors (Lipinski definition) is 2. The highest BCUT2D eigenvalue weighted by Crippen LogP contribution is 2.03. The van der Waals surface area contributed by atoms with Gasteiger partial charge < -0.3 is 15.4 Å². The van der Waals surface area contributed by atoms with E-state index in [2.05, 4.69) is 15.6 Å². The molecule has 1 heterocycles. The summed E-state index contributed by atoms with van der Waals surface area (Å²) >= 11 is 5.18. The smallest absolute Gasteiger partial charge is 0.171 e. The standard InChI is InChI=1S/C13H21N3OS/c1-10(2)17-9-5-8-14-13(18)16-12-7-4-6-11(3)15-12/h4,6-7,10H,5,8-9H2,1-3H3,(H2,14,15,16,18). The van der Waals surface area contributed by atoms with E-state index in [1.54, 1.807) is 0 Å². The molecular weight excluding hydrogens is 246 g/mol. The molecule has 0 aromatic carbocycles. The summed E-state index contributed by atoms with van der Waals surface area (Å²) in [4.78, 5) is 4.32. The first-order valence-electron chi connectivity index (χ1n) is 6.18. The van der Waals surface area contributed by atoms with Gasteiger partial charge in [0.1, 0.15) is 5.82 Å². The molecule has 0 atom stereocenters. The van der Waals surface area contributed by atoms with Gasteiger partial charge in [-0.15, -0.1) is 0 Å². The third-order valence-electron chi connectivity index (χ3n) is 2.19. The molecular formula is C13H21N3OS. The molecule has 1 aromatic rings. The Morgan fingerprint density at radius 2 is 2.22 bits per heavy atom. The van der Waals surface area contributed by atoms with Crippen LogP contribution in [-0.2, 0) is 4.74 Å². The van der Waals surface area contributed by atoms with Gasteiger partial charge in [0.15, 0.2) is 5.11 Å². The summed E-state index contributed by atoms with van der Waals surface area (Å²) in [7, 11) is 0. The van der Waals surface area contributed by atoms with Gasteiger partial charge in [0.2, 0.25) is 0 Å². The van der Waals surface area contributed by atoms with Crippen molar-refractivity contribution in [2.75, 3.05) is 18.5 Å². The minimum absolute atomic E-state index is 0.284. The van der Waals surface area contributed by atoms with Crippen LogP contribution in [0.1, 0.15) is 26.0 Å². The summed E-state index contributed by atoms with van der Waals surface area (Å²) in [6.07, 6.45) is 1.22. The van der Waals surface area contributed by atoms with Crippen LogP contribution in [-0.4, -0.2) is 29.4 Å². The SMILES string of the molecule is Cc1cccc(NC(=S)NCCCOC(C)C)n1. The Kier molecular flexibility index (Phi) is 6.60. The van der Waals surface area contributed by atoms with Crippen LogP contribution in [0.25, 0.3) is 0 Å². The highest BCUT2D eigenvalue weighted by atomic mass is 32.1. The Hall–Kier alpha value is -1.20. The predicted octanol–water partition coefficient (Wildman–Crippen LogP) is 2.49. The summed E-state index contributed by atoms with van der Waals surface area (Å²) in [6, 6.07) is 5.79. The first-order valence-corrected chi connectivity index (χ1v) is 6.59. The number of aryl methyl sites for hydroxylation is 1. The maximum absolute atomic E-state index is 5.44. The molecule has 4 nitrogen and oxygen atoms in total. The number of hydrogen-bond acceptors (Lipinski definition) is 3. The molecule has 1 aromatic heterocycles. The number of anilines is 1. The topological polar surface area (TPSA) is 46.2 Å². The second kappa shape index (κ2) is 8.00. The number of ether oxygens (including phenoxy) is 1. The van der Waals surface area contributed by atoms with Crippen molar-refractivity contribution in [3.63, 3.8) is 0 Å². The van der Waals surface area contributed by atoms with Crippen LogP contribution in [0.2, 0.25) is 0 Å². The van der Waals surface area contributed by atoms with E-state index in [-0.39, 0.29) is 6.10 Å². The third-order valence-corrected chi connectivity index (χ3v) is 2.43. The molecule has 1 rings (SSSR count). The number of nitrogens with zero attached hydrogens (tertiary/aromatic N) is 1. The molecule has 0 aliphatic heterocycles. The second-order valence-corrected chi connectivity index (χ2v) is 4.73. The molecule has 0 spiro atoms. The van der Waals surface area contributed by atoms with Crippen LogP contribution >= 0.6 is 12.2 Å². The summed E-state index contributed by atoms with van der Waals surface area (Å²) in [5.41, 5.74) is 0.966. The second-order valence-electron chi connectivity index (χ2n) is 4.32. The molecule has 0 saturated heterocycles. The average Bonchev–Trinajstić information content (AvgIpc) is 2.28. The van der Waals surface area contributed by atoms with Gasteiger partial charge in [-0.1, -0.05) is 6.07 Å². The lowest BCUT2D eigenvalue weighted by molar-refractivity contribution is 0.0777. The van der Waals surface area contributed by atoms with Gasteiger partial charge in [-0.3, -0.25) is 0 Å². The van der Waals surface area contributed by atoms with Crippen LogP contribution in [0.4, 0.5) is 5.82 Å². The Morgan fingerprint density at radius 3 is 2.89 bits per heavy atom. The molecule has 0 saturated carbocycles. The van der Waals surface area contributed by atoms with E-state index >= 15 is 0 Å². The van der Waals surface area contributed by atoms with Crippen molar-refractivity contribution < 1.29 is 4.74 Å². The molecule has 0 bridgehead atoms. The van der Waals surface area contributed by atoms with Crippen LogP contribution in [0, 0.1) is 6.92 Å². The Morgan fingerprint density at radius 1 is 1.44 bits per heavy atom. The maximum Gasteiger partial charge on any atom is 0.171 e. The van der Waals surface area contributed by atoms with Crippen molar-refractivity contribution >= 4 is 23.1 Å². The third kappa shape index (κ3) is 6.51. The van der Waals surface area contributed by atoms with Gasteiger partial charge >= 0.3 is 0 Å². The lowest BCUT2D eigenvalue weighted by Crippen LogP contribution is -2.30. The lowest BCUT2D eigenvalue weighted by Gasteiger charge is -2.11. The first kappa shape index (κ1) is 14.9. The molecule has 0 unspecified atom stereocenters. The number of aromatic nitrogens is 1. The van der Waals surface area contributed by atoms with Gasteiger partial charge in [-0.05, 0) is 51.5 Å². The van der Waals surface area contributed by atoms with Gasteiger partial charge in [0.25, 0.3) is 0 Å². The minimum Gasteiger partial charge on any atom is -0.379 e. The van der Waals surface area contributed by atoms with Crippen molar-refractivity contribution in [3.05, 3.63) is 23.9 Å². The van der Waals surface area contributed by atoms with E-state index in [0.717, 1.165) is 31.1 Å². The van der Waals surface area contributed by atoms with Crippen LogP contribution in [0.15, 0.2) is 18.2 Å². The number of thiocarbonyl (C=S) groups is 1. The summed E-state index contributed by atoms with van der Waals surface area (Å²) in [5.74, 6) is 0.769. The zero-order chi connectivity index (χ0) is 13.4. The van der Waals surface area contributed by atoms with Crippen molar-refractivity contribution in [1.29, 1.82) is 0 Å². The van der Waals surface area contributed by atoms with Crippen LogP contribution < -0.4 is 10.6 Å². The summed E-state index contributed by atoms with van der Waals surface area (Å²) < 4.78 is 5.44. The van der Waals surface area contributed by atoms with E-state index < -0.39 is 0 Å². The van der Waals surface area contributed by atoms with Crippen molar-refractivity contribution in [1.82, 2.24) is 10.3 Å². The fraction of sp³-hybridized carbons (Fsp3) is 0.538. The predicted molar refractivity (Wildman–Crippen MR) is 78.9 cm³/mol. The first-order chi connectivity index (χ1) is 8.58. The molecule has 0 amide bonds. The number of rotatable bonds is 6. The van der Waals surface area contributed by atoms with Crippen LogP contribution in [0.5, 0.6) is 0 Å². The minimum atomic E-state index is 0.284. The molecule has 100 valence electrons. The van der Waals surface area contributed by atoms with E-state index in [1.807, 2.05) is 39.0 Å². The monoisotopic (exact) mass is 267 g/mol. The van der Waals surface area contributed by atoms with Crippen LogP contribution in [0.3, 0.4) is 0 Å². The maximum atomic E-state index is 5.44. The van der Waals surface area contributed by atoms with E-state index in [9.17, 15) is 0 Å². The average molecular weight is 267 g/mol. The van der Waals surface area contributed by atoms with Crippen molar-refractivity contribution in [3.8, 4) is 0 Å². The molecule has 5 heteroatoms. The molecule has 0 radical (unpaired) electrons. The fourth-order valence-electron chi connectivity index (χ4n) is 1.37. The van der Waals surface area contributed by atoms with Gasteiger partial charge in [-0.2, -0.15) is 0 Å². The highest BCUT2D eigenvalue weighted by Gasteiger charge is 1.99. The molecule has 0 fully saturated rings. The molecule has 0 aliphatic rings. The van der Waals surface area contributed by atoms with Gasteiger partial charge in [0, 0.05) is 18.8 Å². The van der Waals surface area contributed by atoms with Gasteiger partial charge in [-0.25, -0.2) is 4.98 Å². The van der Waals surface area contributed by atoms with E-state index in [0.29, 0.717) is 5.11 Å². The summed E-state index contributed by atoms with van der Waals surface area (Å²) in [6.45, 7) is 7.55. The molecule has 18 heavy (non-hydrogen) atoms.